The smallest absolute Gasteiger partial charge is 0.0596 e. The molecular weight excluding hydrogens is 164 g/mol. The lowest BCUT2D eigenvalue weighted by Gasteiger charge is -2.06. The summed E-state index contributed by atoms with van der Waals surface area (Å²) >= 11 is 0. The first kappa shape index (κ1) is 10.3. The standard InChI is InChI=1S/C10H18N2O/c1-4-10(13)6-5-9-7-8(2)11-12(9)3/h7,10,13H,4-6H2,1-3H3. The van der Waals surface area contributed by atoms with Crippen LogP contribution in [0.2, 0.25) is 0 Å². The molecule has 1 rings (SSSR count). The van der Waals surface area contributed by atoms with Crippen LogP contribution in [-0.4, -0.2) is 21.0 Å². The molecule has 0 aliphatic rings. The molecular formula is C10H18N2O. The highest BCUT2D eigenvalue weighted by Gasteiger charge is 2.05. The molecule has 3 heteroatoms. The van der Waals surface area contributed by atoms with Crippen molar-refractivity contribution in [1.29, 1.82) is 0 Å². The fourth-order valence-electron chi connectivity index (χ4n) is 1.42. The number of aliphatic hydroxyl groups is 1. The zero-order chi connectivity index (χ0) is 9.84. The minimum absolute atomic E-state index is 0.171. The summed E-state index contributed by atoms with van der Waals surface area (Å²) in [5, 5.41) is 13.6. The lowest BCUT2D eigenvalue weighted by atomic mass is 10.1. The SMILES string of the molecule is CCC(O)CCc1cc(C)nn1C. The van der Waals surface area contributed by atoms with Crippen LogP contribution in [0.3, 0.4) is 0 Å². The van der Waals surface area contributed by atoms with Crippen molar-refractivity contribution in [2.45, 2.75) is 39.2 Å². The molecule has 74 valence electrons. The first-order valence-electron chi connectivity index (χ1n) is 4.81. The number of nitrogens with zero attached hydrogens (tertiary/aromatic N) is 2. The van der Waals surface area contributed by atoms with Crippen LogP contribution in [0.15, 0.2) is 6.07 Å². The van der Waals surface area contributed by atoms with Gasteiger partial charge in [-0.2, -0.15) is 5.10 Å². The summed E-state index contributed by atoms with van der Waals surface area (Å²) in [6, 6.07) is 2.07. The van der Waals surface area contributed by atoms with E-state index in [2.05, 4.69) is 11.2 Å². The molecule has 1 unspecified atom stereocenters. The monoisotopic (exact) mass is 182 g/mol. The van der Waals surface area contributed by atoms with Gasteiger partial charge >= 0.3 is 0 Å². The largest absolute Gasteiger partial charge is 0.393 e. The van der Waals surface area contributed by atoms with Gasteiger partial charge in [0.1, 0.15) is 0 Å². The maximum atomic E-state index is 9.39. The fraction of sp³-hybridized carbons (Fsp3) is 0.700. The van der Waals surface area contributed by atoms with E-state index in [1.807, 2.05) is 25.6 Å². The molecule has 0 saturated heterocycles. The van der Waals surface area contributed by atoms with Gasteiger partial charge in [-0.1, -0.05) is 6.92 Å². The van der Waals surface area contributed by atoms with Crippen LogP contribution in [0.1, 0.15) is 31.2 Å². The van der Waals surface area contributed by atoms with Gasteiger partial charge in [-0.05, 0) is 32.3 Å². The number of aliphatic hydroxyl groups excluding tert-OH is 1. The number of aryl methyl sites for hydroxylation is 3. The number of hydrogen-bond donors (Lipinski definition) is 1. The highest BCUT2D eigenvalue weighted by Crippen LogP contribution is 2.07. The molecule has 0 fully saturated rings. The molecule has 0 saturated carbocycles. The Kier molecular flexibility index (Phi) is 3.48. The Labute approximate surface area is 79.4 Å². The second-order valence-corrected chi connectivity index (χ2v) is 3.50. The van der Waals surface area contributed by atoms with Crippen molar-refractivity contribution in [1.82, 2.24) is 9.78 Å². The first-order chi connectivity index (χ1) is 6.13. The Morgan fingerprint density at radius 2 is 2.31 bits per heavy atom. The van der Waals surface area contributed by atoms with Crippen molar-refractivity contribution in [3.8, 4) is 0 Å². The lowest BCUT2D eigenvalue weighted by Crippen LogP contribution is -2.07. The van der Waals surface area contributed by atoms with Gasteiger partial charge in [0.25, 0.3) is 0 Å². The Morgan fingerprint density at radius 3 is 2.77 bits per heavy atom. The quantitative estimate of drug-likeness (QED) is 0.765. The predicted molar refractivity (Wildman–Crippen MR) is 52.6 cm³/mol. The predicted octanol–water partition coefficient (Wildman–Crippen LogP) is 1.43. The van der Waals surface area contributed by atoms with Crippen molar-refractivity contribution in [2.75, 3.05) is 0 Å². The molecule has 0 amide bonds. The van der Waals surface area contributed by atoms with Crippen molar-refractivity contribution in [3.05, 3.63) is 17.5 Å². The van der Waals surface area contributed by atoms with E-state index in [1.54, 1.807) is 0 Å². The van der Waals surface area contributed by atoms with Crippen LogP contribution >= 0.6 is 0 Å². The third kappa shape index (κ3) is 2.84. The molecule has 1 aromatic heterocycles. The normalized spacial score (nSPS) is 13.2. The molecule has 0 bridgehead atoms. The van der Waals surface area contributed by atoms with Gasteiger partial charge in [-0.15, -0.1) is 0 Å². The molecule has 13 heavy (non-hydrogen) atoms. The van der Waals surface area contributed by atoms with Gasteiger partial charge in [0.2, 0.25) is 0 Å². The summed E-state index contributed by atoms with van der Waals surface area (Å²) in [5.74, 6) is 0. The van der Waals surface area contributed by atoms with Crippen LogP contribution in [0.4, 0.5) is 0 Å². The van der Waals surface area contributed by atoms with Crippen LogP contribution in [0.25, 0.3) is 0 Å². The minimum atomic E-state index is -0.171. The van der Waals surface area contributed by atoms with Crippen molar-refractivity contribution >= 4 is 0 Å². The van der Waals surface area contributed by atoms with Gasteiger partial charge in [-0.25, -0.2) is 0 Å². The Balaban J connectivity index is 2.49. The minimum Gasteiger partial charge on any atom is -0.393 e. The summed E-state index contributed by atoms with van der Waals surface area (Å²) in [6.45, 7) is 3.99. The molecule has 0 radical (unpaired) electrons. The summed E-state index contributed by atoms with van der Waals surface area (Å²) in [4.78, 5) is 0. The van der Waals surface area contributed by atoms with Gasteiger partial charge < -0.3 is 5.11 Å². The van der Waals surface area contributed by atoms with E-state index in [9.17, 15) is 5.11 Å². The number of hydrogen-bond acceptors (Lipinski definition) is 2. The molecule has 0 aliphatic heterocycles. The molecule has 1 atom stereocenters. The lowest BCUT2D eigenvalue weighted by molar-refractivity contribution is 0.160. The van der Waals surface area contributed by atoms with Crippen molar-refractivity contribution < 1.29 is 5.11 Å². The Bertz CT molecular complexity index is 268. The van der Waals surface area contributed by atoms with E-state index in [0.717, 1.165) is 25.0 Å². The van der Waals surface area contributed by atoms with Crippen molar-refractivity contribution in [2.24, 2.45) is 7.05 Å². The average Bonchev–Trinajstić information content (AvgIpc) is 2.41. The highest BCUT2D eigenvalue weighted by molar-refractivity contribution is 5.08. The maximum Gasteiger partial charge on any atom is 0.0596 e. The molecule has 1 N–H and O–H groups in total. The van der Waals surface area contributed by atoms with E-state index in [1.165, 1.54) is 5.69 Å². The molecule has 1 aromatic rings. The van der Waals surface area contributed by atoms with Crippen LogP contribution in [-0.2, 0) is 13.5 Å². The molecule has 0 aromatic carbocycles. The summed E-state index contributed by atoms with van der Waals surface area (Å²) in [7, 11) is 1.95. The third-order valence-corrected chi connectivity index (χ3v) is 2.30. The average molecular weight is 182 g/mol. The first-order valence-corrected chi connectivity index (χ1v) is 4.81. The van der Waals surface area contributed by atoms with E-state index >= 15 is 0 Å². The Hall–Kier alpha value is -0.830. The molecule has 1 heterocycles. The van der Waals surface area contributed by atoms with Crippen molar-refractivity contribution in [3.63, 3.8) is 0 Å². The van der Waals surface area contributed by atoms with E-state index in [4.69, 9.17) is 0 Å². The van der Waals surface area contributed by atoms with Gasteiger partial charge in [0.05, 0.1) is 11.8 Å². The van der Waals surface area contributed by atoms with E-state index in [0.29, 0.717) is 0 Å². The highest BCUT2D eigenvalue weighted by atomic mass is 16.3. The maximum absolute atomic E-state index is 9.39. The van der Waals surface area contributed by atoms with E-state index in [-0.39, 0.29) is 6.10 Å². The van der Waals surface area contributed by atoms with Crippen LogP contribution in [0.5, 0.6) is 0 Å². The van der Waals surface area contributed by atoms with Gasteiger partial charge in [-0.3, -0.25) is 4.68 Å². The van der Waals surface area contributed by atoms with Crippen LogP contribution in [0, 0.1) is 6.92 Å². The molecule has 3 nitrogen and oxygen atoms in total. The number of aromatic nitrogens is 2. The molecule has 0 aliphatic carbocycles. The summed E-state index contributed by atoms with van der Waals surface area (Å²) < 4.78 is 1.89. The number of rotatable bonds is 4. The second-order valence-electron chi connectivity index (χ2n) is 3.50. The second kappa shape index (κ2) is 4.42. The third-order valence-electron chi connectivity index (χ3n) is 2.30. The fourth-order valence-corrected chi connectivity index (χ4v) is 1.42. The topological polar surface area (TPSA) is 38.1 Å². The Morgan fingerprint density at radius 1 is 1.62 bits per heavy atom. The van der Waals surface area contributed by atoms with Gasteiger partial charge in [0.15, 0.2) is 0 Å². The van der Waals surface area contributed by atoms with E-state index < -0.39 is 0 Å². The zero-order valence-electron chi connectivity index (χ0n) is 8.62. The summed E-state index contributed by atoms with van der Waals surface area (Å²) in [5.41, 5.74) is 2.24. The van der Waals surface area contributed by atoms with Gasteiger partial charge in [0, 0.05) is 12.7 Å². The zero-order valence-corrected chi connectivity index (χ0v) is 8.62. The summed E-state index contributed by atoms with van der Waals surface area (Å²) in [6.07, 6.45) is 2.40. The van der Waals surface area contributed by atoms with Crippen LogP contribution < -0.4 is 0 Å². The molecule has 0 spiro atoms.